The van der Waals surface area contributed by atoms with Gasteiger partial charge in [0.25, 0.3) is 15.4 Å². The fourth-order valence-corrected chi connectivity index (χ4v) is 5.02. The Kier molecular flexibility index (Phi) is 5.13. The van der Waals surface area contributed by atoms with Crippen LogP contribution in [0.25, 0.3) is 11.3 Å². The summed E-state index contributed by atoms with van der Waals surface area (Å²) in [4.78, 5) is 20.9. The minimum Gasteiger partial charge on any atom is -0.347 e. The molecule has 3 aromatic rings. The van der Waals surface area contributed by atoms with E-state index in [0.717, 1.165) is 28.0 Å². The fraction of sp³-hybridized carbons (Fsp3) is 0.111. The molecule has 4 rings (SSSR count). The zero-order valence-corrected chi connectivity index (χ0v) is 16.9. The maximum Gasteiger partial charge on any atom is 0.368 e. The average Bonchev–Trinajstić information content (AvgIpc) is 3.29. The first-order chi connectivity index (χ1) is 14.2. The van der Waals surface area contributed by atoms with Gasteiger partial charge in [0.15, 0.2) is 5.13 Å². The van der Waals surface area contributed by atoms with Crippen molar-refractivity contribution in [1.82, 2.24) is 10.6 Å². The number of carbonyl (C=O) groups excluding carboxylic acids is 1. The number of hydrogen-bond donors (Lipinski definition) is 2. The highest BCUT2D eigenvalue weighted by molar-refractivity contribution is 7.94. The maximum atomic E-state index is 14.0. The van der Waals surface area contributed by atoms with Crippen molar-refractivity contribution in [2.75, 3.05) is 9.73 Å². The predicted octanol–water partition coefficient (Wildman–Crippen LogP) is 2.95. The second kappa shape index (κ2) is 7.63. The molecule has 156 valence electrons. The third-order valence-electron chi connectivity index (χ3n) is 4.23. The number of aromatic nitrogens is 1. The molecule has 1 atom stereocenters. The SMILES string of the molecule is Cc1ccc(N2NOC(=O)C2S(=O)(=O)Nc2nc(-c3ccc(F)cc3F)cs2)cc1. The van der Waals surface area contributed by atoms with Crippen molar-refractivity contribution in [2.24, 2.45) is 0 Å². The number of benzene rings is 2. The number of hydrazine groups is 1. The van der Waals surface area contributed by atoms with Gasteiger partial charge >= 0.3 is 5.97 Å². The van der Waals surface area contributed by atoms with Gasteiger partial charge in [0.05, 0.1) is 11.4 Å². The zero-order valence-electron chi connectivity index (χ0n) is 15.3. The highest BCUT2D eigenvalue weighted by Gasteiger charge is 2.46. The minimum atomic E-state index is -4.32. The Morgan fingerprint density at radius 1 is 1.20 bits per heavy atom. The van der Waals surface area contributed by atoms with Gasteiger partial charge in [-0.05, 0) is 31.2 Å². The molecule has 0 aliphatic carbocycles. The van der Waals surface area contributed by atoms with Crippen LogP contribution in [0.15, 0.2) is 47.8 Å². The molecular weight excluding hydrogens is 438 g/mol. The average molecular weight is 452 g/mol. The van der Waals surface area contributed by atoms with Crippen LogP contribution in [0, 0.1) is 18.6 Å². The molecule has 1 aliphatic heterocycles. The van der Waals surface area contributed by atoms with E-state index in [-0.39, 0.29) is 16.4 Å². The van der Waals surface area contributed by atoms with Gasteiger partial charge in [-0.2, -0.15) is 0 Å². The van der Waals surface area contributed by atoms with Crippen molar-refractivity contribution in [3.05, 3.63) is 65.0 Å². The molecule has 30 heavy (non-hydrogen) atoms. The quantitative estimate of drug-likeness (QED) is 0.614. The lowest BCUT2D eigenvalue weighted by atomic mass is 10.1. The molecule has 2 heterocycles. The molecule has 1 unspecified atom stereocenters. The second-order valence-electron chi connectivity index (χ2n) is 6.38. The summed E-state index contributed by atoms with van der Waals surface area (Å²) in [5, 5.41) is 0.683. The molecule has 0 spiro atoms. The first-order valence-electron chi connectivity index (χ1n) is 8.49. The van der Waals surface area contributed by atoms with Gasteiger partial charge in [0, 0.05) is 17.0 Å². The van der Waals surface area contributed by atoms with Crippen molar-refractivity contribution in [1.29, 1.82) is 0 Å². The van der Waals surface area contributed by atoms with Crippen molar-refractivity contribution < 1.29 is 26.8 Å². The number of halogens is 2. The van der Waals surface area contributed by atoms with E-state index < -0.39 is 33.0 Å². The van der Waals surface area contributed by atoms with E-state index in [2.05, 4.69) is 15.3 Å². The van der Waals surface area contributed by atoms with E-state index in [0.29, 0.717) is 11.8 Å². The fourth-order valence-electron chi connectivity index (χ4n) is 2.78. The van der Waals surface area contributed by atoms with Crippen molar-refractivity contribution in [2.45, 2.75) is 12.3 Å². The summed E-state index contributed by atoms with van der Waals surface area (Å²) < 4.78 is 55.0. The number of hydrogen-bond acceptors (Lipinski definition) is 8. The summed E-state index contributed by atoms with van der Waals surface area (Å²) in [5.74, 6) is -2.59. The first-order valence-corrected chi connectivity index (χ1v) is 10.9. The Labute approximate surface area is 174 Å². The Morgan fingerprint density at radius 2 is 1.93 bits per heavy atom. The molecule has 1 saturated heterocycles. The van der Waals surface area contributed by atoms with Crippen molar-refractivity contribution in [3.63, 3.8) is 0 Å². The second-order valence-corrected chi connectivity index (χ2v) is 8.98. The molecule has 1 aromatic heterocycles. The number of anilines is 2. The van der Waals surface area contributed by atoms with Gasteiger partial charge in [0.2, 0.25) is 0 Å². The molecule has 8 nitrogen and oxygen atoms in total. The Balaban J connectivity index is 1.60. The molecule has 1 aliphatic rings. The number of carbonyl (C=O) groups is 1. The molecule has 12 heteroatoms. The van der Waals surface area contributed by atoms with Crippen LogP contribution in [0.1, 0.15) is 5.56 Å². The van der Waals surface area contributed by atoms with Gasteiger partial charge in [0.1, 0.15) is 11.6 Å². The van der Waals surface area contributed by atoms with Crippen LogP contribution >= 0.6 is 11.3 Å². The minimum absolute atomic E-state index is 0.0151. The summed E-state index contributed by atoms with van der Waals surface area (Å²) in [6, 6.07) is 9.74. The van der Waals surface area contributed by atoms with Gasteiger partial charge in [-0.1, -0.05) is 23.3 Å². The first kappa shape index (κ1) is 20.2. The number of thiazole rings is 1. The van der Waals surface area contributed by atoms with Crippen LogP contribution in [0.2, 0.25) is 0 Å². The molecule has 0 saturated carbocycles. The highest BCUT2D eigenvalue weighted by Crippen LogP contribution is 2.30. The Bertz CT molecular complexity index is 1220. The third kappa shape index (κ3) is 3.84. The largest absolute Gasteiger partial charge is 0.368 e. The molecule has 0 amide bonds. The van der Waals surface area contributed by atoms with Crippen LogP contribution in [0.5, 0.6) is 0 Å². The van der Waals surface area contributed by atoms with Gasteiger partial charge in [-0.3, -0.25) is 4.72 Å². The van der Waals surface area contributed by atoms with Crippen LogP contribution in [0.4, 0.5) is 19.6 Å². The highest BCUT2D eigenvalue weighted by atomic mass is 32.2. The maximum absolute atomic E-state index is 14.0. The lowest BCUT2D eigenvalue weighted by Crippen LogP contribution is -2.46. The molecular formula is C18H14F2N4O4S2. The van der Waals surface area contributed by atoms with Crippen LogP contribution in [-0.4, -0.2) is 24.7 Å². The van der Waals surface area contributed by atoms with E-state index in [1.54, 1.807) is 24.3 Å². The lowest BCUT2D eigenvalue weighted by Gasteiger charge is -2.21. The van der Waals surface area contributed by atoms with E-state index in [9.17, 15) is 22.0 Å². The van der Waals surface area contributed by atoms with Crippen LogP contribution < -0.4 is 15.3 Å². The van der Waals surface area contributed by atoms with Crippen LogP contribution in [0.3, 0.4) is 0 Å². The predicted molar refractivity (Wildman–Crippen MR) is 107 cm³/mol. The van der Waals surface area contributed by atoms with Crippen molar-refractivity contribution in [3.8, 4) is 11.3 Å². The van der Waals surface area contributed by atoms with E-state index in [1.165, 1.54) is 11.4 Å². The Hall–Kier alpha value is -3.09. The molecule has 2 N–H and O–H groups in total. The molecule has 1 fully saturated rings. The number of nitrogens with zero attached hydrogens (tertiary/aromatic N) is 2. The number of nitrogens with one attached hydrogen (secondary N) is 2. The van der Waals surface area contributed by atoms with Gasteiger partial charge in [-0.25, -0.2) is 32.0 Å². The summed E-state index contributed by atoms with van der Waals surface area (Å²) in [6.45, 7) is 1.86. The summed E-state index contributed by atoms with van der Waals surface area (Å²) in [6.07, 6.45) is 0. The van der Waals surface area contributed by atoms with Crippen LogP contribution in [-0.2, 0) is 19.7 Å². The standard InChI is InChI=1S/C18H14F2N4O4S2/c1-10-2-5-12(6-3-10)24-16(17(25)28-23-24)30(26,27)22-18-21-15(9-29-18)13-7-4-11(19)8-14(13)20/h2-9,16,23H,1H3,(H,21,22). The molecule has 2 aromatic carbocycles. The lowest BCUT2D eigenvalue weighted by molar-refractivity contribution is -0.142. The zero-order chi connectivity index (χ0) is 21.5. The summed E-state index contributed by atoms with van der Waals surface area (Å²) in [5.41, 5.74) is 3.78. The Morgan fingerprint density at radius 3 is 2.63 bits per heavy atom. The molecule has 0 bridgehead atoms. The van der Waals surface area contributed by atoms with Gasteiger partial charge < -0.3 is 4.84 Å². The number of rotatable bonds is 5. The molecule has 0 radical (unpaired) electrons. The topological polar surface area (TPSA) is 101 Å². The third-order valence-corrected chi connectivity index (χ3v) is 6.58. The normalized spacial score (nSPS) is 16.6. The van der Waals surface area contributed by atoms with E-state index in [4.69, 9.17) is 4.84 Å². The van der Waals surface area contributed by atoms with Gasteiger partial charge in [-0.15, -0.1) is 11.3 Å². The van der Waals surface area contributed by atoms with Crippen molar-refractivity contribution >= 4 is 38.1 Å². The summed E-state index contributed by atoms with van der Waals surface area (Å²) >= 11 is 0.890. The van der Waals surface area contributed by atoms with E-state index >= 15 is 0 Å². The monoisotopic (exact) mass is 452 g/mol. The summed E-state index contributed by atoms with van der Waals surface area (Å²) in [7, 11) is -4.32. The number of aryl methyl sites for hydroxylation is 1. The smallest absolute Gasteiger partial charge is 0.347 e. The van der Waals surface area contributed by atoms with E-state index in [1.807, 2.05) is 6.92 Å². The number of sulfonamides is 1.